The van der Waals surface area contributed by atoms with E-state index in [9.17, 15) is 13.6 Å². The SMILES string of the molecule is Fc1ccccc1.O=C([C@@H]1CC(c2ccc(F)cc2)CN1)N1CCCC1. The van der Waals surface area contributed by atoms with Crippen LogP contribution in [0.4, 0.5) is 8.78 Å². The van der Waals surface area contributed by atoms with Crippen molar-refractivity contribution in [3.8, 4) is 0 Å². The van der Waals surface area contributed by atoms with Crippen LogP contribution >= 0.6 is 0 Å². The number of hydrogen-bond acceptors (Lipinski definition) is 2. The second-order valence-electron chi connectivity index (χ2n) is 6.77. The maximum atomic E-state index is 12.9. The number of carbonyl (C=O) groups is 1. The van der Waals surface area contributed by atoms with Crippen molar-refractivity contribution in [2.75, 3.05) is 19.6 Å². The fourth-order valence-electron chi connectivity index (χ4n) is 3.49. The lowest BCUT2D eigenvalue weighted by atomic mass is 9.96. The normalized spacial score (nSPS) is 22.0. The number of nitrogens with zero attached hydrogens (tertiary/aromatic N) is 1. The lowest BCUT2D eigenvalue weighted by molar-refractivity contribution is -0.132. The van der Waals surface area contributed by atoms with Gasteiger partial charge in [0.1, 0.15) is 11.6 Å². The third kappa shape index (κ3) is 4.88. The number of amides is 1. The van der Waals surface area contributed by atoms with Gasteiger partial charge < -0.3 is 10.2 Å². The van der Waals surface area contributed by atoms with Crippen LogP contribution in [0.1, 0.15) is 30.7 Å². The highest BCUT2D eigenvalue weighted by Crippen LogP contribution is 2.27. The van der Waals surface area contributed by atoms with Gasteiger partial charge in [-0.3, -0.25) is 4.79 Å². The lowest BCUT2D eigenvalue weighted by Gasteiger charge is -2.19. The Kier molecular flexibility index (Phi) is 6.34. The largest absolute Gasteiger partial charge is 0.341 e. The van der Waals surface area contributed by atoms with Crippen LogP contribution < -0.4 is 5.32 Å². The van der Waals surface area contributed by atoms with Crippen LogP contribution in [-0.4, -0.2) is 36.5 Å². The van der Waals surface area contributed by atoms with Gasteiger partial charge in [-0.15, -0.1) is 0 Å². The number of benzene rings is 2. The van der Waals surface area contributed by atoms with Crippen molar-refractivity contribution in [3.63, 3.8) is 0 Å². The maximum Gasteiger partial charge on any atom is 0.239 e. The minimum absolute atomic E-state index is 0.0619. The van der Waals surface area contributed by atoms with Gasteiger partial charge in [0.05, 0.1) is 6.04 Å². The van der Waals surface area contributed by atoms with Crippen molar-refractivity contribution in [2.45, 2.75) is 31.2 Å². The van der Waals surface area contributed by atoms with Gasteiger partial charge >= 0.3 is 0 Å². The zero-order valence-electron chi connectivity index (χ0n) is 14.7. The Labute approximate surface area is 153 Å². The molecule has 4 rings (SSSR count). The van der Waals surface area contributed by atoms with E-state index in [4.69, 9.17) is 0 Å². The van der Waals surface area contributed by atoms with E-state index in [-0.39, 0.29) is 23.6 Å². The Morgan fingerprint density at radius 3 is 2.12 bits per heavy atom. The molecule has 26 heavy (non-hydrogen) atoms. The van der Waals surface area contributed by atoms with E-state index in [1.54, 1.807) is 18.2 Å². The highest BCUT2D eigenvalue weighted by Gasteiger charge is 2.33. The predicted octanol–water partition coefficient (Wildman–Crippen LogP) is 3.72. The zero-order valence-corrected chi connectivity index (χ0v) is 14.7. The highest BCUT2D eigenvalue weighted by atomic mass is 19.1. The summed E-state index contributed by atoms with van der Waals surface area (Å²) in [6.45, 7) is 2.60. The molecule has 2 atom stereocenters. The number of rotatable bonds is 2. The summed E-state index contributed by atoms with van der Waals surface area (Å²) in [5.41, 5.74) is 1.12. The first-order valence-corrected chi connectivity index (χ1v) is 9.11. The van der Waals surface area contributed by atoms with Crippen LogP contribution in [0.5, 0.6) is 0 Å². The Bertz CT molecular complexity index is 700. The van der Waals surface area contributed by atoms with E-state index >= 15 is 0 Å². The van der Waals surface area contributed by atoms with Crippen LogP contribution in [0, 0.1) is 11.6 Å². The molecule has 1 unspecified atom stereocenters. The Morgan fingerprint density at radius 2 is 1.54 bits per heavy atom. The fraction of sp³-hybridized carbons (Fsp3) is 0.381. The molecule has 0 radical (unpaired) electrons. The first-order valence-electron chi connectivity index (χ1n) is 9.11. The van der Waals surface area contributed by atoms with Gasteiger partial charge in [0.15, 0.2) is 0 Å². The molecule has 1 amide bonds. The molecule has 2 saturated heterocycles. The number of nitrogens with one attached hydrogen (secondary N) is 1. The van der Waals surface area contributed by atoms with E-state index < -0.39 is 0 Å². The van der Waals surface area contributed by atoms with Crippen molar-refractivity contribution >= 4 is 5.91 Å². The van der Waals surface area contributed by atoms with E-state index in [1.165, 1.54) is 24.3 Å². The van der Waals surface area contributed by atoms with E-state index in [0.29, 0.717) is 5.92 Å². The molecule has 3 nitrogen and oxygen atoms in total. The molecule has 5 heteroatoms. The monoisotopic (exact) mass is 358 g/mol. The van der Waals surface area contributed by atoms with Crippen LogP contribution in [0.25, 0.3) is 0 Å². The second-order valence-corrected chi connectivity index (χ2v) is 6.77. The third-order valence-electron chi connectivity index (χ3n) is 4.92. The topological polar surface area (TPSA) is 32.3 Å². The molecule has 1 N–H and O–H groups in total. The van der Waals surface area contributed by atoms with E-state index in [2.05, 4.69) is 5.32 Å². The minimum Gasteiger partial charge on any atom is -0.341 e. The average molecular weight is 358 g/mol. The van der Waals surface area contributed by atoms with Gasteiger partial charge in [0, 0.05) is 19.6 Å². The Hall–Kier alpha value is -2.27. The van der Waals surface area contributed by atoms with Crippen molar-refractivity contribution in [1.82, 2.24) is 10.2 Å². The van der Waals surface area contributed by atoms with Gasteiger partial charge in [0.2, 0.25) is 5.91 Å². The molecule has 0 aromatic heterocycles. The first-order chi connectivity index (χ1) is 12.6. The second kappa shape index (κ2) is 8.90. The predicted molar refractivity (Wildman–Crippen MR) is 97.8 cm³/mol. The summed E-state index contributed by atoms with van der Waals surface area (Å²) >= 11 is 0. The summed E-state index contributed by atoms with van der Waals surface area (Å²) in [5.74, 6) is 0.168. The minimum atomic E-state index is -0.209. The molecule has 2 aromatic rings. The molecule has 2 aromatic carbocycles. The van der Waals surface area contributed by atoms with Gasteiger partial charge in [-0.25, -0.2) is 8.78 Å². The average Bonchev–Trinajstić information content (AvgIpc) is 3.35. The van der Waals surface area contributed by atoms with Gasteiger partial charge in [-0.1, -0.05) is 30.3 Å². The maximum absolute atomic E-state index is 12.9. The summed E-state index contributed by atoms with van der Waals surface area (Å²) in [4.78, 5) is 14.2. The number of halogens is 2. The highest BCUT2D eigenvalue weighted by molar-refractivity contribution is 5.82. The smallest absolute Gasteiger partial charge is 0.239 e. The molecule has 2 fully saturated rings. The standard InChI is InChI=1S/C15H19FN2O.C6H5F/c16-13-5-3-11(4-6-13)12-9-14(17-10-12)15(19)18-7-1-2-8-18;7-6-4-2-1-3-5-6/h3-6,12,14,17H,1-2,7-10H2;1-5H/t12?,14-;/m0./s1. The van der Waals surface area contributed by atoms with Gasteiger partial charge in [-0.05, 0) is 55.0 Å². The van der Waals surface area contributed by atoms with Crippen molar-refractivity contribution in [2.24, 2.45) is 0 Å². The van der Waals surface area contributed by atoms with E-state index in [1.807, 2.05) is 17.0 Å². The Morgan fingerprint density at radius 1 is 0.923 bits per heavy atom. The summed E-state index contributed by atoms with van der Waals surface area (Å²) in [5, 5.41) is 3.31. The molecule has 2 aliphatic heterocycles. The molecule has 2 aliphatic rings. The first kappa shape index (κ1) is 18.5. The van der Waals surface area contributed by atoms with Crippen LogP contribution in [-0.2, 0) is 4.79 Å². The van der Waals surface area contributed by atoms with Crippen molar-refractivity contribution < 1.29 is 13.6 Å². The molecule has 0 aliphatic carbocycles. The van der Waals surface area contributed by atoms with Crippen LogP contribution in [0.15, 0.2) is 54.6 Å². The number of likely N-dealkylation sites (tertiary alicyclic amines) is 1. The van der Waals surface area contributed by atoms with Crippen molar-refractivity contribution in [3.05, 3.63) is 71.8 Å². The van der Waals surface area contributed by atoms with Gasteiger partial charge in [-0.2, -0.15) is 0 Å². The van der Waals surface area contributed by atoms with Crippen LogP contribution in [0.2, 0.25) is 0 Å². The summed E-state index contributed by atoms with van der Waals surface area (Å²) in [7, 11) is 0. The number of carbonyl (C=O) groups excluding carboxylic acids is 1. The lowest BCUT2D eigenvalue weighted by Crippen LogP contribution is -2.42. The summed E-state index contributed by atoms with van der Waals surface area (Å²) < 4.78 is 24.8. The van der Waals surface area contributed by atoms with Gasteiger partial charge in [0.25, 0.3) is 0 Å². The molecule has 0 bridgehead atoms. The summed E-state index contributed by atoms with van der Waals surface area (Å²) in [6, 6.07) is 14.5. The fourth-order valence-corrected chi connectivity index (χ4v) is 3.49. The molecular formula is C21H24F2N2O. The molecule has 2 heterocycles. The molecule has 138 valence electrons. The summed E-state index contributed by atoms with van der Waals surface area (Å²) in [6.07, 6.45) is 3.07. The number of hydrogen-bond donors (Lipinski definition) is 1. The molecular weight excluding hydrogens is 334 g/mol. The quantitative estimate of drug-likeness (QED) is 0.887. The zero-order chi connectivity index (χ0) is 18.4. The molecule has 0 saturated carbocycles. The molecule has 0 spiro atoms. The van der Waals surface area contributed by atoms with Crippen LogP contribution in [0.3, 0.4) is 0 Å². The Balaban J connectivity index is 0.000000236. The third-order valence-corrected chi connectivity index (χ3v) is 4.92. The van der Waals surface area contributed by atoms with E-state index in [0.717, 1.165) is 44.5 Å². The van der Waals surface area contributed by atoms with Crippen molar-refractivity contribution in [1.29, 1.82) is 0 Å².